The van der Waals surface area contributed by atoms with Crippen LogP contribution in [-0.2, 0) is 0 Å². The Bertz CT molecular complexity index is 378. The molecule has 0 atom stereocenters. The van der Waals surface area contributed by atoms with Crippen LogP contribution in [0.3, 0.4) is 0 Å². The first kappa shape index (κ1) is 16.3. The van der Waals surface area contributed by atoms with Crippen LogP contribution in [0.15, 0.2) is 18.2 Å². The second-order valence-electron chi connectivity index (χ2n) is 5.06. The molecular weight excluding hydrogens is 260 g/mol. The van der Waals surface area contributed by atoms with E-state index in [1.54, 1.807) is 0 Å². The van der Waals surface area contributed by atoms with Gasteiger partial charge in [0, 0.05) is 32.7 Å². The van der Waals surface area contributed by atoms with Crippen LogP contribution in [0.4, 0.5) is 0 Å². The van der Waals surface area contributed by atoms with Crippen LogP contribution in [0, 0.1) is 13.8 Å². The summed E-state index contributed by atoms with van der Waals surface area (Å²) in [6.07, 6.45) is 1.10. The second kappa shape index (κ2) is 8.41. The fourth-order valence-electron chi connectivity index (χ4n) is 2.27. The van der Waals surface area contributed by atoms with E-state index in [-0.39, 0.29) is 12.4 Å². The summed E-state index contributed by atoms with van der Waals surface area (Å²) in [5.41, 5.74) is 2.49. The summed E-state index contributed by atoms with van der Waals surface area (Å²) in [5.74, 6) is 1.04. The summed E-state index contributed by atoms with van der Waals surface area (Å²) in [7, 11) is 0. The molecule has 0 unspecified atom stereocenters. The van der Waals surface area contributed by atoms with Crippen molar-refractivity contribution in [1.82, 2.24) is 10.2 Å². The molecule has 0 bridgehead atoms. The molecule has 1 N–H and O–H groups in total. The van der Waals surface area contributed by atoms with Crippen LogP contribution >= 0.6 is 0 Å². The molecule has 108 valence electrons. The van der Waals surface area contributed by atoms with Gasteiger partial charge in [-0.2, -0.15) is 0 Å². The number of benzene rings is 1. The van der Waals surface area contributed by atoms with Crippen LogP contribution in [0.2, 0.25) is 0 Å². The highest BCUT2D eigenvalue weighted by Gasteiger charge is 2.08. The highest BCUT2D eigenvalue weighted by molar-refractivity contribution is 5.35. The van der Waals surface area contributed by atoms with E-state index < -0.39 is 0 Å². The van der Waals surface area contributed by atoms with E-state index in [1.807, 2.05) is 0 Å². The van der Waals surface area contributed by atoms with Gasteiger partial charge in [-0.05, 0) is 37.5 Å². The van der Waals surface area contributed by atoms with Crippen molar-refractivity contribution in [1.29, 1.82) is 0 Å². The first-order valence-electron chi connectivity index (χ1n) is 6.89. The summed E-state index contributed by atoms with van der Waals surface area (Å²) >= 11 is 0. The summed E-state index contributed by atoms with van der Waals surface area (Å²) in [4.78, 5) is 2.50. The lowest BCUT2D eigenvalue weighted by molar-refractivity contribution is -0.00000435. The van der Waals surface area contributed by atoms with Crippen LogP contribution in [0.25, 0.3) is 0 Å². The quantitative estimate of drug-likeness (QED) is 0.701. The van der Waals surface area contributed by atoms with Gasteiger partial charge in [-0.25, -0.2) is 0 Å². The first-order valence-corrected chi connectivity index (χ1v) is 6.89. The summed E-state index contributed by atoms with van der Waals surface area (Å²) in [6, 6.07) is 6.38. The van der Waals surface area contributed by atoms with Gasteiger partial charge in [-0.1, -0.05) is 12.1 Å². The average molecular weight is 284 g/mol. The van der Waals surface area contributed by atoms with Gasteiger partial charge >= 0.3 is 0 Å². The third-order valence-electron chi connectivity index (χ3n) is 3.43. The number of aryl methyl sites for hydroxylation is 2. The van der Waals surface area contributed by atoms with Gasteiger partial charge in [0.1, 0.15) is 5.75 Å². The Morgan fingerprint density at radius 2 is 1.95 bits per heavy atom. The molecule has 1 aliphatic rings. The Morgan fingerprint density at radius 3 is 2.68 bits per heavy atom. The minimum absolute atomic E-state index is 0. The number of hydrogen-bond acceptors (Lipinski definition) is 3. The van der Waals surface area contributed by atoms with E-state index in [2.05, 4.69) is 42.3 Å². The molecule has 0 aromatic heterocycles. The van der Waals surface area contributed by atoms with E-state index in [1.165, 1.54) is 24.2 Å². The van der Waals surface area contributed by atoms with Crippen LogP contribution in [0.1, 0.15) is 17.5 Å². The lowest BCUT2D eigenvalue weighted by Crippen LogP contribution is -3.00. The third kappa shape index (κ3) is 5.39. The van der Waals surface area contributed by atoms with Gasteiger partial charge in [0.15, 0.2) is 0 Å². The van der Waals surface area contributed by atoms with E-state index in [0.717, 1.165) is 38.4 Å². The molecule has 1 aromatic rings. The Labute approximate surface area is 122 Å². The van der Waals surface area contributed by atoms with Gasteiger partial charge in [0.2, 0.25) is 0 Å². The smallest absolute Gasteiger partial charge is 0.122 e. The van der Waals surface area contributed by atoms with Crippen molar-refractivity contribution in [2.75, 3.05) is 39.3 Å². The summed E-state index contributed by atoms with van der Waals surface area (Å²) in [6.45, 7) is 10.8. The monoisotopic (exact) mass is 283 g/mol. The average Bonchev–Trinajstić information content (AvgIpc) is 2.40. The second-order valence-corrected chi connectivity index (χ2v) is 5.06. The minimum Gasteiger partial charge on any atom is -1.00 e. The maximum Gasteiger partial charge on any atom is 0.122 e. The van der Waals surface area contributed by atoms with Gasteiger partial charge in [-0.15, -0.1) is 0 Å². The van der Waals surface area contributed by atoms with Crippen LogP contribution in [0.5, 0.6) is 5.75 Å². The van der Waals surface area contributed by atoms with Gasteiger partial charge in [0.25, 0.3) is 0 Å². The molecule has 0 saturated carbocycles. The predicted molar refractivity (Wildman–Crippen MR) is 75.3 cm³/mol. The van der Waals surface area contributed by atoms with Crippen molar-refractivity contribution < 1.29 is 17.1 Å². The molecule has 4 heteroatoms. The highest BCUT2D eigenvalue weighted by Crippen LogP contribution is 2.19. The molecule has 1 heterocycles. The van der Waals surface area contributed by atoms with Crippen molar-refractivity contribution in [3.63, 3.8) is 0 Å². The Kier molecular flexibility index (Phi) is 7.21. The number of nitrogens with one attached hydrogen (secondary N) is 1. The molecule has 2 rings (SSSR count). The van der Waals surface area contributed by atoms with Crippen molar-refractivity contribution in [2.24, 2.45) is 0 Å². The van der Waals surface area contributed by atoms with Crippen molar-refractivity contribution in [2.45, 2.75) is 20.3 Å². The van der Waals surface area contributed by atoms with Gasteiger partial charge in [-0.3, -0.25) is 0 Å². The Balaban J connectivity index is 0.00000180. The zero-order valence-electron chi connectivity index (χ0n) is 11.9. The molecule has 1 fully saturated rings. The zero-order chi connectivity index (χ0) is 12.8. The molecule has 0 spiro atoms. The molecule has 0 radical (unpaired) electrons. The largest absolute Gasteiger partial charge is 1.00 e. The lowest BCUT2D eigenvalue weighted by Gasteiger charge is -2.27. The number of rotatable bonds is 5. The van der Waals surface area contributed by atoms with Crippen molar-refractivity contribution >= 4 is 0 Å². The van der Waals surface area contributed by atoms with E-state index in [9.17, 15) is 0 Å². The lowest BCUT2D eigenvalue weighted by atomic mass is 10.1. The highest BCUT2D eigenvalue weighted by atomic mass is 35.5. The zero-order valence-corrected chi connectivity index (χ0v) is 12.7. The number of hydrogen-bond donors (Lipinski definition) is 1. The Morgan fingerprint density at radius 1 is 1.21 bits per heavy atom. The normalized spacial score (nSPS) is 15.9. The topological polar surface area (TPSA) is 24.5 Å². The molecular formula is C15H24ClN2O-. The molecule has 19 heavy (non-hydrogen) atoms. The molecule has 1 saturated heterocycles. The Hall–Kier alpha value is -0.770. The number of piperazine rings is 1. The SMILES string of the molecule is Cc1ccc(C)c(OCCCN2CCNCC2)c1.[Cl-]. The summed E-state index contributed by atoms with van der Waals surface area (Å²) < 4.78 is 5.87. The van der Waals surface area contributed by atoms with Crippen molar-refractivity contribution in [3.8, 4) is 5.75 Å². The molecule has 1 aliphatic heterocycles. The van der Waals surface area contributed by atoms with Crippen molar-refractivity contribution in [3.05, 3.63) is 29.3 Å². The molecule has 0 amide bonds. The molecule has 3 nitrogen and oxygen atoms in total. The fourth-order valence-corrected chi connectivity index (χ4v) is 2.27. The standard InChI is InChI=1S/C15H24N2O.ClH/c1-13-4-5-14(2)15(12-13)18-11-3-8-17-9-6-16-7-10-17;/h4-5,12,16H,3,6-11H2,1-2H3;1H/p-1. The fraction of sp³-hybridized carbons (Fsp3) is 0.600. The van der Waals surface area contributed by atoms with E-state index in [0.29, 0.717) is 0 Å². The minimum atomic E-state index is 0. The molecule has 1 aromatic carbocycles. The van der Waals surface area contributed by atoms with E-state index in [4.69, 9.17) is 4.74 Å². The number of halogens is 1. The van der Waals surface area contributed by atoms with Crippen LogP contribution < -0.4 is 22.5 Å². The summed E-state index contributed by atoms with van der Waals surface area (Å²) in [5, 5.41) is 3.37. The van der Waals surface area contributed by atoms with Gasteiger partial charge < -0.3 is 27.4 Å². The number of nitrogens with zero attached hydrogens (tertiary/aromatic N) is 1. The predicted octanol–water partition coefficient (Wildman–Crippen LogP) is -1.02. The van der Waals surface area contributed by atoms with Gasteiger partial charge in [0.05, 0.1) is 6.61 Å². The maximum absolute atomic E-state index is 5.87. The first-order chi connectivity index (χ1) is 8.75. The maximum atomic E-state index is 5.87. The third-order valence-corrected chi connectivity index (χ3v) is 3.43. The molecule has 0 aliphatic carbocycles. The van der Waals surface area contributed by atoms with Crippen LogP contribution in [-0.4, -0.2) is 44.2 Å². The van der Waals surface area contributed by atoms with E-state index >= 15 is 0 Å². The number of ether oxygens (including phenoxy) is 1.